The lowest BCUT2D eigenvalue weighted by molar-refractivity contribution is -0.123. The van der Waals surface area contributed by atoms with Gasteiger partial charge in [0.1, 0.15) is 5.76 Å². The summed E-state index contributed by atoms with van der Waals surface area (Å²) in [7, 11) is 0. The topological polar surface area (TPSA) is 71.5 Å². The van der Waals surface area contributed by atoms with E-state index in [1.165, 1.54) is 12.8 Å². The van der Waals surface area contributed by atoms with Gasteiger partial charge >= 0.3 is 0 Å². The highest BCUT2D eigenvalue weighted by Crippen LogP contribution is 2.24. The number of furan rings is 1. The molecule has 0 saturated carbocycles. The first-order chi connectivity index (χ1) is 10.1. The molecule has 3 atom stereocenters. The van der Waals surface area contributed by atoms with Crippen molar-refractivity contribution < 1.29 is 9.21 Å². The quantitative estimate of drug-likeness (QED) is 0.805. The fourth-order valence-electron chi connectivity index (χ4n) is 2.77. The molecule has 118 valence electrons. The van der Waals surface area contributed by atoms with E-state index in [4.69, 9.17) is 10.2 Å². The van der Waals surface area contributed by atoms with Gasteiger partial charge in [-0.2, -0.15) is 0 Å². The normalized spacial score (nSPS) is 20.1. The van der Waals surface area contributed by atoms with E-state index in [-0.39, 0.29) is 17.9 Å². The van der Waals surface area contributed by atoms with Gasteiger partial charge in [0.2, 0.25) is 5.91 Å². The van der Waals surface area contributed by atoms with Crippen molar-refractivity contribution in [2.45, 2.75) is 45.2 Å². The Morgan fingerprint density at radius 2 is 2.19 bits per heavy atom. The standard InChI is InChI=1S/C16H27N3O2/c1-3-12(2)15(17)16(20)18-11-13(14-7-6-10-21-14)19-8-4-5-9-19/h6-7,10,12-13,15H,3-5,8-9,11,17H2,1-2H3,(H,18,20). The summed E-state index contributed by atoms with van der Waals surface area (Å²) in [5, 5.41) is 3.00. The summed E-state index contributed by atoms with van der Waals surface area (Å²) in [5.41, 5.74) is 5.98. The summed E-state index contributed by atoms with van der Waals surface area (Å²) < 4.78 is 5.55. The molecule has 1 aliphatic heterocycles. The fraction of sp³-hybridized carbons (Fsp3) is 0.688. The van der Waals surface area contributed by atoms with E-state index in [1.807, 2.05) is 26.0 Å². The number of nitrogens with zero attached hydrogens (tertiary/aromatic N) is 1. The van der Waals surface area contributed by atoms with Crippen LogP contribution in [0.15, 0.2) is 22.8 Å². The monoisotopic (exact) mass is 293 g/mol. The third-order valence-electron chi connectivity index (χ3n) is 4.48. The predicted molar refractivity (Wildman–Crippen MR) is 82.7 cm³/mol. The summed E-state index contributed by atoms with van der Waals surface area (Å²) in [6.07, 6.45) is 5.00. The van der Waals surface area contributed by atoms with Crippen LogP contribution in [0.25, 0.3) is 0 Å². The van der Waals surface area contributed by atoms with Gasteiger partial charge in [-0.15, -0.1) is 0 Å². The van der Waals surface area contributed by atoms with Crippen LogP contribution in [0.1, 0.15) is 44.9 Å². The zero-order valence-corrected chi connectivity index (χ0v) is 13.0. The van der Waals surface area contributed by atoms with Gasteiger partial charge in [0.15, 0.2) is 0 Å². The van der Waals surface area contributed by atoms with Crippen LogP contribution in [-0.2, 0) is 4.79 Å². The van der Waals surface area contributed by atoms with E-state index in [1.54, 1.807) is 6.26 Å². The van der Waals surface area contributed by atoms with Crippen molar-refractivity contribution in [2.75, 3.05) is 19.6 Å². The fourth-order valence-corrected chi connectivity index (χ4v) is 2.77. The molecule has 5 heteroatoms. The van der Waals surface area contributed by atoms with Crippen LogP contribution < -0.4 is 11.1 Å². The van der Waals surface area contributed by atoms with Gasteiger partial charge in [-0.3, -0.25) is 9.69 Å². The van der Waals surface area contributed by atoms with Gasteiger partial charge in [-0.25, -0.2) is 0 Å². The predicted octanol–water partition coefficient (Wildman–Crippen LogP) is 1.91. The van der Waals surface area contributed by atoms with Crippen molar-refractivity contribution in [3.05, 3.63) is 24.2 Å². The Kier molecular flexibility index (Phi) is 5.82. The van der Waals surface area contributed by atoms with Gasteiger partial charge in [0.05, 0.1) is 18.3 Å². The first-order valence-corrected chi connectivity index (χ1v) is 7.94. The number of rotatable bonds is 7. The molecule has 2 rings (SSSR count). The third kappa shape index (κ3) is 4.08. The Morgan fingerprint density at radius 3 is 2.76 bits per heavy atom. The zero-order chi connectivity index (χ0) is 15.2. The number of nitrogens with one attached hydrogen (secondary N) is 1. The number of carbonyl (C=O) groups is 1. The maximum absolute atomic E-state index is 12.1. The third-order valence-corrected chi connectivity index (χ3v) is 4.48. The number of hydrogen-bond donors (Lipinski definition) is 2. The van der Waals surface area contributed by atoms with Gasteiger partial charge in [0, 0.05) is 6.54 Å². The van der Waals surface area contributed by atoms with E-state index in [0.29, 0.717) is 6.54 Å². The van der Waals surface area contributed by atoms with Crippen molar-refractivity contribution in [2.24, 2.45) is 11.7 Å². The van der Waals surface area contributed by atoms with Crippen LogP contribution in [0, 0.1) is 5.92 Å². The number of carbonyl (C=O) groups excluding carboxylic acids is 1. The molecule has 0 radical (unpaired) electrons. The summed E-state index contributed by atoms with van der Waals surface area (Å²) in [6, 6.07) is 3.54. The number of amides is 1. The van der Waals surface area contributed by atoms with E-state index in [2.05, 4.69) is 10.2 Å². The second-order valence-electron chi connectivity index (χ2n) is 5.93. The lowest BCUT2D eigenvalue weighted by atomic mass is 9.99. The van der Waals surface area contributed by atoms with Crippen LogP contribution >= 0.6 is 0 Å². The Bertz CT molecular complexity index is 427. The summed E-state index contributed by atoms with van der Waals surface area (Å²) in [6.45, 7) is 6.72. The molecule has 2 heterocycles. The highest BCUT2D eigenvalue weighted by molar-refractivity contribution is 5.81. The first kappa shape index (κ1) is 16.0. The van der Waals surface area contributed by atoms with Crippen LogP contribution in [0.3, 0.4) is 0 Å². The molecule has 3 N–H and O–H groups in total. The molecule has 0 bridgehead atoms. The van der Waals surface area contributed by atoms with E-state index < -0.39 is 6.04 Å². The average Bonchev–Trinajstić information content (AvgIpc) is 3.19. The van der Waals surface area contributed by atoms with Gasteiger partial charge in [-0.1, -0.05) is 20.3 Å². The van der Waals surface area contributed by atoms with Gasteiger partial charge in [-0.05, 0) is 44.0 Å². The minimum atomic E-state index is -0.439. The lowest BCUT2D eigenvalue weighted by Gasteiger charge is -2.27. The van der Waals surface area contributed by atoms with E-state index >= 15 is 0 Å². The molecule has 5 nitrogen and oxygen atoms in total. The summed E-state index contributed by atoms with van der Waals surface area (Å²) in [4.78, 5) is 14.5. The van der Waals surface area contributed by atoms with E-state index in [0.717, 1.165) is 25.3 Å². The molecule has 0 aliphatic carbocycles. The largest absolute Gasteiger partial charge is 0.468 e. The molecular weight excluding hydrogens is 266 g/mol. The molecule has 1 amide bonds. The number of nitrogens with two attached hydrogens (primary N) is 1. The molecule has 1 fully saturated rings. The van der Waals surface area contributed by atoms with Crippen molar-refractivity contribution in [3.8, 4) is 0 Å². The molecule has 1 saturated heterocycles. The number of likely N-dealkylation sites (tertiary alicyclic amines) is 1. The molecule has 1 aromatic rings. The maximum atomic E-state index is 12.1. The van der Waals surface area contributed by atoms with Crippen LogP contribution in [0.5, 0.6) is 0 Å². The van der Waals surface area contributed by atoms with Gasteiger partial charge in [0.25, 0.3) is 0 Å². The molecular formula is C16H27N3O2. The number of hydrogen-bond acceptors (Lipinski definition) is 4. The minimum absolute atomic E-state index is 0.0693. The highest BCUT2D eigenvalue weighted by Gasteiger charge is 2.27. The molecule has 0 spiro atoms. The Labute approximate surface area is 126 Å². The Balaban J connectivity index is 1.95. The molecule has 0 aromatic carbocycles. The van der Waals surface area contributed by atoms with E-state index in [9.17, 15) is 4.79 Å². The van der Waals surface area contributed by atoms with Crippen LogP contribution in [-0.4, -0.2) is 36.5 Å². The van der Waals surface area contributed by atoms with Crippen molar-refractivity contribution in [1.29, 1.82) is 0 Å². The van der Waals surface area contributed by atoms with Gasteiger partial charge < -0.3 is 15.5 Å². The Hall–Kier alpha value is -1.33. The SMILES string of the molecule is CCC(C)C(N)C(=O)NCC(c1ccco1)N1CCCC1. The lowest BCUT2D eigenvalue weighted by Crippen LogP contribution is -2.47. The van der Waals surface area contributed by atoms with Crippen molar-refractivity contribution in [3.63, 3.8) is 0 Å². The molecule has 1 aliphatic rings. The highest BCUT2D eigenvalue weighted by atomic mass is 16.3. The molecule has 1 aromatic heterocycles. The second kappa shape index (κ2) is 7.61. The maximum Gasteiger partial charge on any atom is 0.237 e. The molecule has 3 unspecified atom stereocenters. The summed E-state index contributed by atoms with van der Waals surface area (Å²) >= 11 is 0. The van der Waals surface area contributed by atoms with Crippen molar-refractivity contribution in [1.82, 2.24) is 10.2 Å². The molecule has 21 heavy (non-hydrogen) atoms. The average molecular weight is 293 g/mol. The minimum Gasteiger partial charge on any atom is -0.468 e. The van der Waals surface area contributed by atoms with Crippen molar-refractivity contribution >= 4 is 5.91 Å². The second-order valence-corrected chi connectivity index (χ2v) is 5.93. The summed E-state index contributed by atoms with van der Waals surface area (Å²) in [5.74, 6) is 1.04. The smallest absolute Gasteiger partial charge is 0.237 e. The first-order valence-electron chi connectivity index (χ1n) is 7.94. The zero-order valence-electron chi connectivity index (χ0n) is 13.0. The van der Waals surface area contributed by atoms with Crippen LogP contribution in [0.2, 0.25) is 0 Å². The van der Waals surface area contributed by atoms with Crippen LogP contribution in [0.4, 0.5) is 0 Å². The Morgan fingerprint density at radius 1 is 1.48 bits per heavy atom.